The molecule has 0 saturated carbocycles. The second-order valence-electron chi connectivity index (χ2n) is 3.42. The van der Waals surface area contributed by atoms with Crippen molar-refractivity contribution in [3.8, 4) is 0 Å². The quantitative estimate of drug-likeness (QED) is 0.772. The van der Waals surface area contributed by atoms with E-state index in [4.69, 9.17) is 5.14 Å². The van der Waals surface area contributed by atoms with Gasteiger partial charge in [-0.05, 0) is 26.0 Å². The monoisotopic (exact) mass is 225 g/mol. The molecule has 2 N–H and O–H groups in total. The molecule has 0 unspecified atom stereocenters. The number of aryl methyl sites for hydroxylation is 2. The Hall–Kier alpha value is -1.40. The molecule has 15 heavy (non-hydrogen) atoms. The number of nitrogens with zero attached hydrogens (tertiary/aromatic N) is 2. The molecule has 0 spiro atoms. The van der Waals surface area contributed by atoms with Crippen molar-refractivity contribution in [1.82, 2.24) is 9.38 Å². The summed E-state index contributed by atoms with van der Waals surface area (Å²) in [6, 6.07) is 3.09. The van der Waals surface area contributed by atoms with Crippen molar-refractivity contribution in [2.24, 2.45) is 5.14 Å². The zero-order chi connectivity index (χ0) is 11.2. The highest BCUT2D eigenvalue weighted by Crippen LogP contribution is 2.14. The molecule has 0 aromatic carbocycles. The number of imidazole rings is 1. The number of aromatic nitrogens is 2. The summed E-state index contributed by atoms with van der Waals surface area (Å²) in [4.78, 5) is 4.36. The predicted octanol–water partition coefficient (Wildman–Crippen LogP) is 0.599. The van der Waals surface area contributed by atoms with Crippen molar-refractivity contribution in [2.45, 2.75) is 18.7 Å². The number of rotatable bonds is 1. The maximum Gasteiger partial charge on any atom is 0.239 e. The highest BCUT2D eigenvalue weighted by atomic mass is 32.2. The van der Waals surface area contributed by atoms with Crippen molar-refractivity contribution < 1.29 is 8.42 Å². The van der Waals surface area contributed by atoms with E-state index in [1.165, 1.54) is 12.3 Å². The smallest absolute Gasteiger partial charge is 0.239 e. The Morgan fingerprint density at radius 3 is 2.60 bits per heavy atom. The average molecular weight is 225 g/mol. The lowest BCUT2D eigenvalue weighted by Crippen LogP contribution is -2.12. The van der Waals surface area contributed by atoms with Crippen LogP contribution in [0.1, 0.15) is 11.4 Å². The summed E-state index contributed by atoms with van der Waals surface area (Å²) in [5.74, 6) is 0. The van der Waals surface area contributed by atoms with Gasteiger partial charge >= 0.3 is 0 Å². The van der Waals surface area contributed by atoms with Gasteiger partial charge in [-0.2, -0.15) is 0 Å². The number of pyridine rings is 1. The molecule has 0 aliphatic rings. The van der Waals surface area contributed by atoms with Crippen molar-refractivity contribution in [1.29, 1.82) is 0 Å². The maximum absolute atomic E-state index is 11.1. The largest absolute Gasteiger partial charge is 0.303 e. The van der Waals surface area contributed by atoms with Crippen LogP contribution in [-0.4, -0.2) is 17.8 Å². The molecule has 0 aliphatic carbocycles. The summed E-state index contributed by atoms with van der Waals surface area (Å²) in [7, 11) is -3.65. The van der Waals surface area contributed by atoms with Crippen molar-refractivity contribution in [3.63, 3.8) is 0 Å². The fourth-order valence-corrected chi connectivity index (χ4v) is 1.94. The Balaban J connectivity index is 2.81. The molecule has 80 valence electrons. The second kappa shape index (κ2) is 3.04. The molecule has 0 atom stereocenters. The number of hydrogen-bond acceptors (Lipinski definition) is 3. The fraction of sp³-hybridized carbons (Fsp3) is 0.222. The third kappa shape index (κ3) is 1.62. The molecule has 2 rings (SSSR count). The summed E-state index contributed by atoms with van der Waals surface area (Å²) in [6.07, 6.45) is 1.49. The lowest BCUT2D eigenvalue weighted by atomic mass is 10.4. The number of nitrogens with two attached hydrogens (primary N) is 1. The van der Waals surface area contributed by atoms with E-state index in [9.17, 15) is 8.42 Å². The second-order valence-corrected chi connectivity index (χ2v) is 4.98. The summed E-state index contributed by atoms with van der Waals surface area (Å²) < 4.78 is 24.0. The molecule has 5 nitrogen and oxygen atoms in total. The van der Waals surface area contributed by atoms with Gasteiger partial charge in [0.2, 0.25) is 10.0 Å². The molecule has 0 radical (unpaired) electrons. The van der Waals surface area contributed by atoms with Gasteiger partial charge in [0.15, 0.2) is 0 Å². The first-order valence-electron chi connectivity index (χ1n) is 4.38. The molecule has 0 fully saturated rings. The van der Waals surface area contributed by atoms with E-state index < -0.39 is 10.0 Å². The third-order valence-electron chi connectivity index (χ3n) is 2.40. The number of fused-ring (bicyclic) bond motifs is 1. The van der Waals surface area contributed by atoms with Gasteiger partial charge in [-0.25, -0.2) is 18.5 Å². The Morgan fingerprint density at radius 1 is 1.33 bits per heavy atom. The minimum Gasteiger partial charge on any atom is -0.303 e. The third-order valence-corrected chi connectivity index (χ3v) is 3.29. The maximum atomic E-state index is 11.1. The normalized spacial score (nSPS) is 12.2. The van der Waals surface area contributed by atoms with Crippen LogP contribution in [0.2, 0.25) is 0 Å². The highest BCUT2D eigenvalue weighted by molar-refractivity contribution is 7.89. The molecule has 2 aromatic rings. The molecule has 0 bridgehead atoms. The van der Waals surface area contributed by atoms with Gasteiger partial charge in [-0.3, -0.25) is 0 Å². The van der Waals surface area contributed by atoms with Gasteiger partial charge in [0.05, 0.1) is 10.6 Å². The van der Waals surface area contributed by atoms with Crippen LogP contribution in [0.4, 0.5) is 0 Å². The molecule has 0 amide bonds. The molecular formula is C9H11N3O2S. The Labute approximate surface area is 87.6 Å². The summed E-state index contributed by atoms with van der Waals surface area (Å²) in [5, 5.41) is 5.04. The van der Waals surface area contributed by atoms with Crippen LogP contribution in [0, 0.1) is 13.8 Å². The van der Waals surface area contributed by atoms with Crippen molar-refractivity contribution in [3.05, 3.63) is 29.7 Å². The summed E-state index contributed by atoms with van der Waals surface area (Å²) >= 11 is 0. The van der Waals surface area contributed by atoms with Gasteiger partial charge in [-0.15, -0.1) is 0 Å². The Morgan fingerprint density at radius 2 is 2.00 bits per heavy atom. The summed E-state index contributed by atoms with van der Waals surface area (Å²) in [5.41, 5.74) is 2.51. The van der Waals surface area contributed by atoms with Gasteiger partial charge in [0.25, 0.3) is 0 Å². The Kier molecular flexibility index (Phi) is 2.06. The van der Waals surface area contributed by atoms with Crippen LogP contribution in [-0.2, 0) is 10.0 Å². The van der Waals surface area contributed by atoms with E-state index in [1.54, 1.807) is 10.5 Å². The molecule has 6 heteroatoms. The van der Waals surface area contributed by atoms with E-state index >= 15 is 0 Å². The molecular weight excluding hydrogens is 214 g/mol. The minimum atomic E-state index is -3.65. The molecule has 2 heterocycles. The fourth-order valence-electron chi connectivity index (χ4n) is 1.43. The van der Waals surface area contributed by atoms with E-state index in [2.05, 4.69) is 4.98 Å². The average Bonchev–Trinajstić information content (AvgIpc) is 2.41. The van der Waals surface area contributed by atoms with Crippen LogP contribution in [0.25, 0.3) is 5.65 Å². The van der Waals surface area contributed by atoms with Gasteiger partial charge in [0.1, 0.15) is 5.65 Å². The van der Waals surface area contributed by atoms with Crippen molar-refractivity contribution >= 4 is 15.7 Å². The van der Waals surface area contributed by atoms with Crippen molar-refractivity contribution in [2.75, 3.05) is 0 Å². The SMILES string of the molecule is Cc1nc2ccc(S(N)(=O)=O)cn2c1C. The minimum absolute atomic E-state index is 0.0931. The first-order chi connectivity index (χ1) is 6.89. The topological polar surface area (TPSA) is 77.5 Å². The number of primary sulfonamides is 1. The van der Waals surface area contributed by atoms with Crippen LogP contribution in [0.15, 0.2) is 23.2 Å². The van der Waals surface area contributed by atoms with Crippen LogP contribution in [0.5, 0.6) is 0 Å². The lowest BCUT2D eigenvalue weighted by Gasteiger charge is -2.00. The standard InChI is InChI=1S/C9H11N3O2S/c1-6-7(2)12-5-8(15(10,13)14)3-4-9(12)11-6/h3-5H,1-2H3,(H2,10,13,14). The zero-order valence-electron chi connectivity index (χ0n) is 8.43. The predicted molar refractivity (Wildman–Crippen MR) is 56.0 cm³/mol. The van der Waals surface area contributed by atoms with Crippen LogP contribution >= 0.6 is 0 Å². The highest BCUT2D eigenvalue weighted by Gasteiger charge is 2.10. The number of sulfonamides is 1. The lowest BCUT2D eigenvalue weighted by molar-refractivity contribution is 0.597. The van der Waals surface area contributed by atoms with E-state index in [-0.39, 0.29) is 4.90 Å². The van der Waals surface area contributed by atoms with E-state index in [0.29, 0.717) is 0 Å². The molecule has 0 aliphatic heterocycles. The van der Waals surface area contributed by atoms with E-state index in [0.717, 1.165) is 17.0 Å². The van der Waals surface area contributed by atoms with Crippen LogP contribution in [0.3, 0.4) is 0 Å². The van der Waals surface area contributed by atoms with Crippen LogP contribution < -0.4 is 5.14 Å². The van der Waals surface area contributed by atoms with Gasteiger partial charge < -0.3 is 4.40 Å². The first kappa shape index (κ1) is 10.1. The summed E-state index contributed by atoms with van der Waals surface area (Å²) in [6.45, 7) is 3.75. The number of hydrogen-bond donors (Lipinski definition) is 1. The van der Waals surface area contributed by atoms with E-state index in [1.807, 2.05) is 13.8 Å². The molecule has 2 aromatic heterocycles. The van der Waals surface area contributed by atoms with Gasteiger partial charge in [0, 0.05) is 11.9 Å². The Bertz CT molecular complexity index is 628. The molecule has 0 saturated heterocycles. The van der Waals surface area contributed by atoms with Gasteiger partial charge in [-0.1, -0.05) is 0 Å². The zero-order valence-corrected chi connectivity index (χ0v) is 9.25. The first-order valence-corrected chi connectivity index (χ1v) is 5.92.